The summed E-state index contributed by atoms with van der Waals surface area (Å²) in [5, 5.41) is 26.3. The molecule has 170 valence electrons. The van der Waals surface area contributed by atoms with Crippen molar-refractivity contribution in [2.24, 2.45) is 0 Å². The Hall–Kier alpha value is -3.71. The predicted molar refractivity (Wildman–Crippen MR) is 125 cm³/mol. The Bertz CT molecular complexity index is 1190. The van der Waals surface area contributed by atoms with Gasteiger partial charge in [0.2, 0.25) is 0 Å². The van der Waals surface area contributed by atoms with Gasteiger partial charge in [-0.15, -0.1) is 0 Å². The van der Waals surface area contributed by atoms with Crippen molar-refractivity contribution in [3.63, 3.8) is 0 Å². The number of piperidine rings is 1. The molecule has 5 heterocycles. The van der Waals surface area contributed by atoms with Crippen molar-refractivity contribution in [2.75, 3.05) is 24.2 Å². The molecule has 0 aliphatic carbocycles. The van der Waals surface area contributed by atoms with Crippen LogP contribution in [0.5, 0.6) is 0 Å². The lowest BCUT2D eigenvalue weighted by Gasteiger charge is -2.39. The number of nitrogens with zero attached hydrogens (tertiary/aromatic N) is 5. The van der Waals surface area contributed by atoms with Crippen molar-refractivity contribution >= 4 is 34.3 Å². The third-order valence-electron chi connectivity index (χ3n) is 6.61. The number of H-pyrrole nitrogens is 1. The highest BCUT2D eigenvalue weighted by Gasteiger charge is 2.40. The fourth-order valence-corrected chi connectivity index (χ4v) is 5.15. The van der Waals surface area contributed by atoms with Crippen LogP contribution in [0.3, 0.4) is 0 Å². The number of amides is 1. The van der Waals surface area contributed by atoms with Crippen LogP contribution in [-0.2, 0) is 0 Å². The summed E-state index contributed by atoms with van der Waals surface area (Å²) in [6.45, 7) is 0.866. The van der Waals surface area contributed by atoms with Crippen LogP contribution in [0.2, 0.25) is 0 Å². The van der Waals surface area contributed by atoms with Crippen LogP contribution in [0.4, 0.5) is 17.5 Å². The lowest BCUT2D eigenvalue weighted by atomic mass is 9.97. The van der Waals surface area contributed by atoms with Gasteiger partial charge in [0, 0.05) is 61.9 Å². The van der Waals surface area contributed by atoms with E-state index in [1.807, 2.05) is 18.2 Å². The van der Waals surface area contributed by atoms with Crippen LogP contribution in [0.1, 0.15) is 42.6 Å². The number of carbonyl (C=O) groups is 1. The molecule has 2 atom stereocenters. The van der Waals surface area contributed by atoms with Gasteiger partial charge in [-0.3, -0.25) is 19.8 Å². The molecule has 0 aromatic carbocycles. The summed E-state index contributed by atoms with van der Waals surface area (Å²) in [6.07, 6.45) is 6.82. The number of nitrogens with one attached hydrogen (secondary N) is 4. The second-order valence-electron chi connectivity index (χ2n) is 8.64. The Labute approximate surface area is 191 Å². The van der Waals surface area contributed by atoms with Gasteiger partial charge in [-0.25, -0.2) is 4.98 Å². The molecule has 2 aliphatic heterocycles. The molecule has 0 saturated carbocycles. The first-order chi connectivity index (χ1) is 16.1. The van der Waals surface area contributed by atoms with Crippen LogP contribution in [0.25, 0.3) is 10.9 Å². The molecule has 10 nitrogen and oxygen atoms in total. The summed E-state index contributed by atoms with van der Waals surface area (Å²) in [7, 11) is 1.57. The maximum absolute atomic E-state index is 11.8. The molecule has 4 N–H and O–H groups in total. The van der Waals surface area contributed by atoms with Gasteiger partial charge in [0.15, 0.2) is 5.82 Å². The van der Waals surface area contributed by atoms with E-state index in [-0.39, 0.29) is 5.91 Å². The lowest BCUT2D eigenvalue weighted by molar-refractivity contribution is 0.0958. The minimum Gasteiger partial charge on any atom is -0.367 e. The molecule has 2 fully saturated rings. The summed E-state index contributed by atoms with van der Waals surface area (Å²) in [6, 6.07) is 11.1. The maximum atomic E-state index is 11.8. The summed E-state index contributed by atoms with van der Waals surface area (Å²) in [4.78, 5) is 23.7. The summed E-state index contributed by atoms with van der Waals surface area (Å²) >= 11 is 0. The van der Waals surface area contributed by atoms with E-state index in [4.69, 9.17) is 10.2 Å². The Morgan fingerprint density at radius 1 is 1.27 bits per heavy atom. The number of rotatable bonds is 7. The van der Waals surface area contributed by atoms with Crippen molar-refractivity contribution in [3.05, 3.63) is 36.2 Å². The molecule has 3 aromatic rings. The first-order valence-electron chi connectivity index (χ1n) is 11.3. The largest absolute Gasteiger partial charge is 0.367 e. The number of carbonyl (C=O) groups excluding carboxylic acids is 1. The lowest BCUT2D eigenvalue weighted by Crippen LogP contribution is -2.47. The second kappa shape index (κ2) is 9.03. The van der Waals surface area contributed by atoms with E-state index >= 15 is 0 Å². The van der Waals surface area contributed by atoms with Gasteiger partial charge in [0.1, 0.15) is 17.3 Å². The number of pyridine rings is 2. The summed E-state index contributed by atoms with van der Waals surface area (Å²) in [5.74, 6) is 1.67. The molecule has 10 heteroatoms. The maximum Gasteiger partial charge on any atom is 0.269 e. The van der Waals surface area contributed by atoms with Gasteiger partial charge in [0.05, 0.1) is 11.6 Å². The molecule has 0 spiro atoms. The highest BCUT2D eigenvalue weighted by Crippen LogP contribution is 2.37. The predicted octanol–water partition coefficient (Wildman–Crippen LogP) is 2.78. The zero-order chi connectivity index (χ0) is 22.8. The second-order valence-corrected chi connectivity index (χ2v) is 8.64. The fourth-order valence-electron chi connectivity index (χ4n) is 5.15. The van der Waals surface area contributed by atoms with Crippen LogP contribution in [0.15, 0.2) is 30.5 Å². The van der Waals surface area contributed by atoms with E-state index in [9.17, 15) is 4.79 Å². The average Bonchev–Trinajstić information content (AvgIpc) is 3.38. The Morgan fingerprint density at radius 2 is 2.09 bits per heavy atom. The first-order valence-corrected chi connectivity index (χ1v) is 11.3. The summed E-state index contributed by atoms with van der Waals surface area (Å²) < 4.78 is 0. The van der Waals surface area contributed by atoms with Crippen LogP contribution >= 0.6 is 0 Å². The number of anilines is 3. The van der Waals surface area contributed by atoms with Crippen LogP contribution < -0.4 is 16.0 Å². The molecule has 0 radical (unpaired) electrons. The normalized spacial score (nSPS) is 22.1. The van der Waals surface area contributed by atoms with Crippen LogP contribution in [-0.4, -0.2) is 62.7 Å². The van der Waals surface area contributed by atoms with Gasteiger partial charge in [-0.05, 0) is 37.8 Å². The number of hydrogen-bond acceptors (Lipinski definition) is 8. The molecule has 5 rings (SSSR count). The van der Waals surface area contributed by atoms with E-state index in [0.29, 0.717) is 41.9 Å². The highest BCUT2D eigenvalue weighted by atomic mass is 16.1. The average molecular weight is 446 g/mol. The molecule has 2 unspecified atom stereocenters. The first kappa shape index (κ1) is 21.2. The van der Waals surface area contributed by atoms with Crippen molar-refractivity contribution in [1.29, 1.82) is 5.26 Å². The smallest absolute Gasteiger partial charge is 0.269 e. The minimum absolute atomic E-state index is 0.234. The van der Waals surface area contributed by atoms with Crippen molar-refractivity contribution in [1.82, 2.24) is 30.4 Å². The van der Waals surface area contributed by atoms with Crippen molar-refractivity contribution in [3.8, 4) is 6.07 Å². The Kier molecular flexibility index (Phi) is 5.79. The molecule has 1 amide bonds. The number of nitriles is 1. The van der Waals surface area contributed by atoms with Gasteiger partial charge in [-0.1, -0.05) is 0 Å². The zero-order valence-corrected chi connectivity index (χ0v) is 18.5. The molecule has 2 aliphatic rings. The Balaban J connectivity index is 1.37. The molecular formula is C23H27N9O. The SMILES string of the molecule is CNC(=O)c1cc(Nc2cc3ncccc3c(NC3CC4CCC(C3)N4CCC#N)n2)n[nH]1. The summed E-state index contributed by atoms with van der Waals surface area (Å²) in [5.41, 5.74) is 1.20. The number of fused-ring (bicyclic) bond motifs is 3. The third kappa shape index (κ3) is 4.32. The van der Waals surface area contributed by atoms with Gasteiger partial charge < -0.3 is 16.0 Å². The molecular weight excluding hydrogens is 418 g/mol. The number of hydrogen-bond donors (Lipinski definition) is 4. The fraction of sp³-hybridized carbons (Fsp3) is 0.435. The van der Waals surface area contributed by atoms with Gasteiger partial charge >= 0.3 is 0 Å². The minimum atomic E-state index is -0.234. The molecule has 2 saturated heterocycles. The van der Waals surface area contributed by atoms with Crippen molar-refractivity contribution in [2.45, 2.75) is 50.2 Å². The highest BCUT2D eigenvalue weighted by molar-refractivity contribution is 5.93. The monoisotopic (exact) mass is 445 g/mol. The van der Waals surface area contributed by atoms with Gasteiger partial charge in [0.25, 0.3) is 5.91 Å². The molecule has 3 aromatic heterocycles. The van der Waals surface area contributed by atoms with E-state index in [2.05, 4.69) is 42.1 Å². The van der Waals surface area contributed by atoms with Crippen molar-refractivity contribution < 1.29 is 4.79 Å². The van der Waals surface area contributed by atoms with Gasteiger partial charge in [-0.2, -0.15) is 10.4 Å². The Morgan fingerprint density at radius 3 is 2.85 bits per heavy atom. The zero-order valence-electron chi connectivity index (χ0n) is 18.5. The van der Waals surface area contributed by atoms with E-state index in [0.717, 1.165) is 36.1 Å². The number of aromatic amines is 1. The van der Waals surface area contributed by atoms with E-state index in [1.54, 1.807) is 19.3 Å². The van der Waals surface area contributed by atoms with E-state index < -0.39 is 0 Å². The van der Waals surface area contributed by atoms with Crippen LogP contribution in [0, 0.1) is 11.3 Å². The topological polar surface area (TPSA) is 135 Å². The molecule has 33 heavy (non-hydrogen) atoms. The number of aromatic nitrogens is 4. The standard InChI is InChI=1S/C23H27N9O/c1-25-23(33)19-13-21(31-30-19)28-20-12-18-17(4-2-8-26-18)22(29-20)27-14-10-15-5-6-16(11-14)32(15)9-3-7-24/h2,4,8,12-16H,3,5-6,9-11H2,1H3,(H,25,33)(H3,27,28,29,30,31). The quantitative estimate of drug-likeness (QED) is 0.436. The third-order valence-corrected chi connectivity index (χ3v) is 6.61. The molecule has 2 bridgehead atoms. The van der Waals surface area contributed by atoms with E-state index in [1.165, 1.54) is 12.8 Å².